The van der Waals surface area contributed by atoms with Crippen LogP contribution < -0.4 is 4.74 Å². The van der Waals surface area contributed by atoms with Gasteiger partial charge in [-0.2, -0.15) is 0 Å². The summed E-state index contributed by atoms with van der Waals surface area (Å²) in [5.41, 5.74) is -0.546. The average Bonchev–Trinajstić information content (AvgIpc) is 2.49. The molecule has 1 atom stereocenters. The molecule has 4 nitrogen and oxygen atoms in total. The smallest absolute Gasteiger partial charge is 0.157 e. The Kier molecular flexibility index (Phi) is 5.81. The van der Waals surface area contributed by atoms with Crippen LogP contribution in [0.2, 0.25) is 10.0 Å². The molecule has 0 aliphatic rings. The highest BCUT2D eigenvalue weighted by molar-refractivity contribution is 7.90. The van der Waals surface area contributed by atoms with E-state index in [0.717, 1.165) is 0 Å². The first-order valence-corrected chi connectivity index (χ1v) is 9.72. The Morgan fingerprint density at radius 3 is 2.25 bits per heavy atom. The molecule has 130 valence electrons. The first-order chi connectivity index (χ1) is 11.1. The van der Waals surface area contributed by atoms with Crippen molar-refractivity contribution in [3.05, 3.63) is 63.6 Å². The van der Waals surface area contributed by atoms with Crippen molar-refractivity contribution in [3.63, 3.8) is 0 Å². The van der Waals surface area contributed by atoms with Gasteiger partial charge in [0.1, 0.15) is 11.4 Å². The first kappa shape index (κ1) is 19.1. The fourth-order valence-electron chi connectivity index (χ4n) is 2.37. The highest BCUT2D eigenvalue weighted by Crippen LogP contribution is 2.30. The van der Waals surface area contributed by atoms with Crippen molar-refractivity contribution in [2.75, 3.05) is 12.9 Å². The van der Waals surface area contributed by atoms with Crippen LogP contribution in [0.5, 0.6) is 5.75 Å². The van der Waals surface area contributed by atoms with Crippen LogP contribution in [0, 0.1) is 0 Å². The van der Waals surface area contributed by atoms with E-state index >= 15 is 0 Å². The Morgan fingerprint density at radius 2 is 1.71 bits per heavy atom. The van der Waals surface area contributed by atoms with Gasteiger partial charge in [-0.3, -0.25) is 0 Å². The molecule has 0 amide bonds. The van der Waals surface area contributed by atoms with Gasteiger partial charge in [0.2, 0.25) is 0 Å². The number of ether oxygens (including phenoxy) is 1. The lowest BCUT2D eigenvalue weighted by Gasteiger charge is -2.24. The van der Waals surface area contributed by atoms with Crippen molar-refractivity contribution in [3.8, 4) is 5.75 Å². The van der Waals surface area contributed by atoms with Gasteiger partial charge in [-0.25, -0.2) is 8.42 Å². The molecule has 0 heterocycles. The number of aliphatic hydroxyl groups is 1. The molecule has 0 aromatic heterocycles. The summed E-state index contributed by atoms with van der Waals surface area (Å²) in [5.74, 6) is 0.0531. The first-order valence-electron chi connectivity index (χ1n) is 7.14. The van der Waals surface area contributed by atoms with Crippen molar-refractivity contribution in [2.45, 2.75) is 18.3 Å². The van der Waals surface area contributed by atoms with Crippen molar-refractivity contribution >= 4 is 33.0 Å². The standard InChI is InChI=1S/C17H18Cl2O4S/c1-17(20,13-5-8-15(18)16(19)9-13)11-24(21,22)10-12-3-6-14(23-2)7-4-12/h3-9,20H,10-11H2,1-2H3. The molecule has 0 aliphatic heterocycles. The number of halogens is 2. The number of sulfone groups is 1. The minimum atomic E-state index is -3.55. The predicted octanol–water partition coefficient (Wildman–Crippen LogP) is 3.82. The highest BCUT2D eigenvalue weighted by atomic mass is 35.5. The molecule has 7 heteroatoms. The summed E-state index contributed by atoms with van der Waals surface area (Å²) in [6, 6.07) is 11.3. The summed E-state index contributed by atoms with van der Waals surface area (Å²) in [7, 11) is -2.01. The molecule has 2 rings (SSSR count). The van der Waals surface area contributed by atoms with E-state index in [1.54, 1.807) is 37.4 Å². The third-order valence-electron chi connectivity index (χ3n) is 3.59. The van der Waals surface area contributed by atoms with Crippen LogP contribution in [0.25, 0.3) is 0 Å². The Balaban J connectivity index is 2.18. The van der Waals surface area contributed by atoms with E-state index in [2.05, 4.69) is 0 Å². The largest absolute Gasteiger partial charge is 0.497 e. The predicted molar refractivity (Wildman–Crippen MR) is 96.5 cm³/mol. The molecule has 24 heavy (non-hydrogen) atoms. The molecule has 1 N–H and O–H groups in total. The molecule has 0 saturated heterocycles. The van der Waals surface area contributed by atoms with Gasteiger partial charge in [0.05, 0.1) is 28.7 Å². The van der Waals surface area contributed by atoms with E-state index in [1.165, 1.54) is 19.1 Å². The lowest BCUT2D eigenvalue weighted by atomic mass is 9.98. The Hall–Kier alpha value is -1.27. The highest BCUT2D eigenvalue weighted by Gasteiger charge is 2.30. The van der Waals surface area contributed by atoms with Crippen LogP contribution in [0.15, 0.2) is 42.5 Å². The average molecular weight is 389 g/mol. The molecule has 2 aromatic rings. The minimum absolute atomic E-state index is 0.172. The van der Waals surface area contributed by atoms with Crippen molar-refractivity contribution in [1.82, 2.24) is 0 Å². The van der Waals surface area contributed by atoms with Gasteiger partial charge in [-0.1, -0.05) is 41.4 Å². The molecule has 0 saturated carbocycles. The van der Waals surface area contributed by atoms with Crippen LogP contribution in [0.4, 0.5) is 0 Å². The second kappa shape index (κ2) is 7.31. The number of hydrogen-bond acceptors (Lipinski definition) is 4. The summed E-state index contributed by atoms with van der Waals surface area (Å²) in [5, 5.41) is 11.2. The SMILES string of the molecule is COc1ccc(CS(=O)(=O)CC(C)(O)c2ccc(Cl)c(Cl)c2)cc1. The van der Waals surface area contributed by atoms with Crippen LogP contribution in [0.1, 0.15) is 18.1 Å². The number of benzene rings is 2. The third kappa shape index (κ3) is 4.86. The second-order valence-corrected chi connectivity index (χ2v) is 8.66. The molecule has 0 spiro atoms. The second-order valence-electron chi connectivity index (χ2n) is 5.78. The molecule has 0 radical (unpaired) electrons. The fraction of sp³-hybridized carbons (Fsp3) is 0.294. The molecular weight excluding hydrogens is 371 g/mol. The van der Waals surface area contributed by atoms with Gasteiger partial charge in [0.15, 0.2) is 9.84 Å². The van der Waals surface area contributed by atoms with E-state index < -0.39 is 21.2 Å². The number of rotatable bonds is 6. The van der Waals surface area contributed by atoms with Crippen LogP contribution >= 0.6 is 23.2 Å². The minimum Gasteiger partial charge on any atom is -0.497 e. The zero-order valence-corrected chi connectivity index (χ0v) is 15.6. The maximum atomic E-state index is 12.4. The summed E-state index contributed by atoms with van der Waals surface area (Å²) in [6.07, 6.45) is 0. The van der Waals surface area contributed by atoms with Crippen molar-refractivity contribution in [2.24, 2.45) is 0 Å². The topological polar surface area (TPSA) is 63.6 Å². The summed E-state index contributed by atoms with van der Waals surface area (Å²) >= 11 is 11.8. The monoisotopic (exact) mass is 388 g/mol. The molecule has 0 aliphatic carbocycles. The van der Waals surface area contributed by atoms with Crippen LogP contribution in [0.3, 0.4) is 0 Å². The van der Waals surface area contributed by atoms with E-state index in [0.29, 0.717) is 21.9 Å². The fourth-order valence-corrected chi connectivity index (χ4v) is 4.49. The van der Waals surface area contributed by atoms with Crippen LogP contribution in [-0.4, -0.2) is 26.4 Å². The van der Waals surface area contributed by atoms with Crippen molar-refractivity contribution < 1.29 is 18.3 Å². The van der Waals surface area contributed by atoms with Gasteiger partial charge < -0.3 is 9.84 Å². The number of hydrogen-bond donors (Lipinski definition) is 1. The molecular formula is C17H18Cl2O4S. The van der Waals surface area contributed by atoms with Gasteiger partial charge >= 0.3 is 0 Å². The summed E-state index contributed by atoms with van der Waals surface area (Å²) in [4.78, 5) is 0. The Morgan fingerprint density at radius 1 is 1.08 bits per heavy atom. The molecule has 1 unspecified atom stereocenters. The zero-order valence-electron chi connectivity index (χ0n) is 13.3. The number of methoxy groups -OCH3 is 1. The summed E-state index contributed by atoms with van der Waals surface area (Å²) < 4.78 is 29.9. The molecule has 2 aromatic carbocycles. The maximum Gasteiger partial charge on any atom is 0.157 e. The lowest BCUT2D eigenvalue weighted by Crippen LogP contribution is -2.32. The Labute approximate surface area is 151 Å². The Bertz CT molecular complexity index is 815. The van der Waals surface area contributed by atoms with Gasteiger partial charge in [-0.05, 0) is 42.3 Å². The van der Waals surface area contributed by atoms with Crippen LogP contribution in [-0.2, 0) is 21.2 Å². The van der Waals surface area contributed by atoms with E-state index in [-0.39, 0.29) is 10.8 Å². The van der Waals surface area contributed by atoms with E-state index in [9.17, 15) is 13.5 Å². The van der Waals surface area contributed by atoms with Crippen molar-refractivity contribution in [1.29, 1.82) is 0 Å². The zero-order chi connectivity index (χ0) is 18.0. The van der Waals surface area contributed by atoms with Gasteiger partial charge in [0, 0.05) is 0 Å². The maximum absolute atomic E-state index is 12.4. The third-order valence-corrected chi connectivity index (χ3v) is 6.10. The van der Waals surface area contributed by atoms with E-state index in [4.69, 9.17) is 27.9 Å². The molecule has 0 bridgehead atoms. The van der Waals surface area contributed by atoms with E-state index in [1.807, 2.05) is 0 Å². The normalized spacial score (nSPS) is 14.2. The van der Waals surface area contributed by atoms with Gasteiger partial charge in [-0.15, -0.1) is 0 Å². The quantitative estimate of drug-likeness (QED) is 0.816. The molecule has 0 fully saturated rings. The van der Waals surface area contributed by atoms with Gasteiger partial charge in [0.25, 0.3) is 0 Å². The lowest BCUT2D eigenvalue weighted by molar-refractivity contribution is 0.0819. The summed E-state index contributed by atoms with van der Waals surface area (Å²) in [6.45, 7) is 1.44.